The minimum Gasteiger partial charge on any atom is -0.699 e. The molecule has 149 valence electrons. The van der Waals surface area contributed by atoms with Gasteiger partial charge in [0, 0.05) is 67.5 Å². The predicted molar refractivity (Wildman–Crippen MR) is 111 cm³/mol. The second-order valence-corrected chi connectivity index (χ2v) is 6.34. The summed E-state index contributed by atoms with van der Waals surface area (Å²) in [5.41, 5.74) is 10.5. The van der Waals surface area contributed by atoms with Crippen LogP contribution in [0.1, 0.15) is 5.69 Å². The minimum absolute atomic E-state index is 0. The van der Waals surface area contributed by atoms with Gasteiger partial charge < -0.3 is 20.5 Å². The number of aryl methyl sites for hydroxylation is 1. The molecule has 0 amide bonds. The fourth-order valence-corrected chi connectivity index (χ4v) is 2.69. The van der Waals surface area contributed by atoms with Crippen molar-refractivity contribution >= 4 is 17.3 Å². The van der Waals surface area contributed by atoms with Crippen LogP contribution in [0.4, 0.5) is 17.3 Å². The number of nitrogens with zero attached hydrogens (tertiary/aromatic N) is 3. The van der Waals surface area contributed by atoms with Crippen molar-refractivity contribution in [2.75, 3.05) is 12.4 Å². The Morgan fingerprint density at radius 3 is 2.23 bits per heavy atom. The molecule has 4 aromatic rings. The second kappa shape index (κ2) is 9.92. The van der Waals surface area contributed by atoms with Crippen LogP contribution in [-0.4, -0.2) is 27.3 Å². The normalized spacial score (nSPS) is 10.2. The summed E-state index contributed by atoms with van der Waals surface area (Å²) >= 11 is 0. The number of nitrogens with one attached hydrogen (secondary N) is 3. The van der Waals surface area contributed by atoms with Gasteiger partial charge in [0.1, 0.15) is 17.3 Å². The molecule has 3 N–H and O–H groups in total. The summed E-state index contributed by atoms with van der Waals surface area (Å²) in [6.45, 7) is 1.92. The molecule has 0 unspecified atom stereocenters. The smallest absolute Gasteiger partial charge is 0.324 e. The van der Waals surface area contributed by atoms with E-state index in [1.807, 2.05) is 43.3 Å². The molecule has 9 heteroatoms. The zero-order chi connectivity index (χ0) is 20.2. The first-order chi connectivity index (χ1) is 14.1. The zero-order valence-electron chi connectivity index (χ0n) is 16.5. The van der Waals surface area contributed by atoms with Gasteiger partial charge in [0.15, 0.2) is 5.82 Å². The number of aromatic amines is 1. The number of H-pyrrole nitrogens is 1. The first-order valence-electron chi connectivity index (χ1n) is 8.91. The Morgan fingerprint density at radius 1 is 0.900 bits per heavy atom. The topological polar surface area (TPSA) is 109 Å². The summed E-state index contributed by atoms with van der Waals surface area (Å²) in [5, 5.41) is 10.2. The van der Waals surface area contributed by atoms with Gasteiger partial charge in [-0.2, -0.15) is 15.1 Å². The van der Waals surface area contributed by atoms with Gasteiger partial charge >= 0.3 is 6.01 Å². The molecule has 8 nitrogen and oxygen atoms in total. The van der Waals surface area contributed by atoms with Crippen molar-refractivity contribution in [2.24, 2.45) is 0 Å². The molecule has 2 aromatic carbocycles. The van der Waals surface area contributed by atoms with Crippen molar-refractivity contribution in [3.8, 4) is 28.8 Å². The van der Waals surface area contributed by atoms with E-state index in [1.54, 1.807) is 31.4 Å². The van der Waals surface area contributed by atoms with Gasteiger partial charge in [-0.3, -0.25) is 5.10 Å². The van der Waals surface area contributed by atoms with E-state index in [-0.39, 0.29) is 50.1 Å². The SMILES string of the molecule is COc1ccc(-c2cc(Nc3cc(C)[nH]n3)nc(Oc3ccc([NH-])cc3)n2)cc1.[Ac]. The summed E-state index contributed by atoms with van der Waals surface area (Å²) in [7, 11) is 1.63. The van der Waals surface area contributed by atoms with Gasteiger partial charge in [-0.05, 0) is 43.3 Å². The van der Waals surface area contributed by atoms with Crippen LogP contribution in [0.5, 0.6) is 17.5 Å². The number of benzene rings is 2. The van der Waals surface area contributed by atoms with Gasteiger partial charge in [0.05, 0.1) is 12.8 Å². The van der Waals surface area contributed by atoms with Gasteiger partial charge in [0.25, 0.3) is 0 Å². The summed E-state index contributed by atoms with van der Waals surface area (Å²) in [4.78, 5) is 8.98. The van der Waals surface area contributed by atoms with E-state index < -0.39 is 0 Å². The Labute approximate surface area is 209 Å². The van der Waals surface area contributed by atoms with E-state index in [2.05, 4.69) is 25.5 Å². The van der Waals surface area contributed by atoms with Crippen molar-refractivity contribution in [3.05, 3.63) is 72.1 Å². The molecule has 0 spiro atoms. The van der Waals surface area contributed by atoms with E-state index >= 15 is 0 Å². The first kappa shape index (κ1) is 22.1. The molecular weight excluding hydrogens is 595 g/mol. The third-order valence-electron chi connectivity index (χ3n) is 4.12. The second-order valence-electron chi connectivity index (χ2n) is 6.34. The number of rotatable bonds is 6. The van der Waals surface area contributed by atoms with Crippen LogP contribution < -0.4 is 14.8 Å². The number of aromatic nitrogens is 4. The monoisotopic (exact) mass is 614 g/mol. The van der Waals surface area contributed by atoms with Crippen LogP contribution in [0.2, 0.25) is 0 Å². The van der Waals surface area contributed by atoms with Crippen LogP contribution in [-0.2, 0) is 0 Å². The van der Waals surface area contributed by atoms with Gasteiger partial charge in [0.2, 0.25) is 0 Å². The number of hydrogen-bond acceptors (Lipinski definition) is 6. The number of hydrogen-bond donors (Lipinski definition) is 2. The molecule has 0 saturated heterocycles. The Balaban J connectivity index is 0.00000256. The molecule has 0 fully saturated rings. The number of anilines is 2. The maximum Gasteiger partial charge on any atom is 0.324 e. The molecule has 30 heavy (non-hydrogen) atoms. The third-order valence-corrected chi connectivity index (χ3v) is 4.12. The van der Waals surface area contributed by atoms with E-state index in [1.165, 1.54) is 0 Å². The Kier molecular flexibility index (Phi) is 7.29. The van der Waals surface area contributed by atoms with E-state index in [0.29, 0.717) is 28.8 Å². The van der Waals surface area contributed by atoms with Crippen molar-refractivity contribution < 1.29 is 53.5 Å². The standard InChI is InChI=1S/C21H19N6O2.Ac/c1-13-11-20(27-26-13)24-19-12-18(14-3-7-16(28-2)8-4-14)23-21(25-19)29-17-9-5-15(22)6-10-17;/h3-12,22H,1-2H3,(H2,23,24,25,26,27);/q-1;. The summed E-state index contributed by atoms with van der Waals surface area (Å²) in [6, 6.07) is 18.2. The average molecular weight is 614 g/mol. The van der Waals surface area contributed by atoms with Crippen molar-refractivity contribution in [1.29, 1.82) is 0 Å². The molecule has 1 radical (unpaired) electrons. The van der Waals surface area contributed by atoms with Crippen LogP contribution >= 0.6 is 0 Å². The van der Waals surface area contributed by atoms with E-state index in [4.69, 9.17) is 15.2 Å². The predicted octanol–water partition coefficient (Wildman–Crippen LogP) is 5.40. The average Bonchev–Trinajstić information content (AvgIpc) is 3.14. The summed E-state index contributed by atoms with van der Waals surface area (Å²) in [6.07, 6.45) is 0. The van der Waals surface area contributed by atoms with Crippen molar-refractivity contribution in [2.45, 2.75) is 6.92 Å². The van der Waals surface area contributed by atoms with Crippen LogP contribution in [0.25, 0.3) is 17.0 Å². The van der Waals surface area contributed by atoms with Crippen LogP contribution in [0, 0.1) is 51.0 Å². The van der Waals surface area contributed by atoms with Crippen LogP contribution in [0.3, 0.4) is 0 Å². The summed E-state index contributed by atoms with van der Waals surface area (Å²) in [5.74, 6) is 2.50. The molecule has 0 bridgehead atoms. The summed E-state index contributed by atoms with van der Waals surface area (Å²) < 4.78 is 11.1. The largest absolute Gasteiger partial charge is 0.699 e. The molecule has 4 rings (SSSR count). The first-order valence-corrected chi connectivity index (χ1v) is 8.91. The Morgan fingerprint density at radius 2 is 1.60 bits per heavy atom. The fourth-order valence-electron chi connectivity index (χ4n) is 2.69. The number of ether oxygens (including phenoxy) is 2. The zero-order valence-corrected chi connectivity index (χ0v) is 21.3. The molecule has 0 aliphatic rings. The molecule has 2 aromatic heterocycles. The van der Waals surface area contributed by atoms with Crippen molar-refractivity contribution in [1.82, 2.24) is 20.2 Å². The molecule has 0 aliphatic heterocycles. The number of methoxy groups -OCH3 is 1. The quantitative estimate of drug-likeness (QED) is 0.301. The Hall–Kier alpha value is -2.63. The fraction of sp³-hybridized carbons (Fsp3) is 0.0952. The van der Waals surface area contributed by atoms with Gasteiger partial charge in [-0.1, -0.05) is 12.1 Å². The maximum atomic E-state index is 7.60. The van der Waals surface area contributed by atoms with E-state index in [0.717, 1.165) is 17.0 Å². The van der Waals surface area contributed by atoms with Crippen LogP contribution in [0.15, 0.2) is 60.7 Å². The van der Waals surface area contributed by atoms with E-state index in [9.17, 15) is 0 Å². The molecule has 2 heterocycles. The minimum atomic E-state index is 0. The molecular formula is C21H19AcN6O2-. The molecule has 0 atom stereocenters. The maximum absolute atomic E-state index is 7.60. The van der Waals surface area contributed by atoms with Gasteiger partial charge in [-0.15, -0.1) is 5.69 Å². The Bertz CT molecular complexity index is 1110. The molecule has 0 saturated carbocycles. The van der Waals surface area contributed by atoms with Gasteiger partial charge in [-0.25, -0.2) is 0 Å². The molecule has 0 aliphatic carbocycles. The van der Waals surface area contributed by atoms with Crippen molar-refractivity contribution in [3.63, 3.8) is 0 Å². The third kappa shape index (κ3) is 5.49.